The minimum atomic E-state index is -4.48. The van der Waals surface area contributed by atoms with Crippen LogP contribution in [0.4, 0.5) is 0 Å². The minimum absolute atomic E-state index is 0.128. The van der Waals surface area contributed by atoms with Crippen molar-refractivity contribution in [3.05, 3.63) is 29.8 Å². The number of nitrogens with one attached hydrogen (secondary N) is 1. The van der Waals surface area contributed by atoms with E-state index in [1.165, 1.54) is 12.1 Å². The maximum atomic E-state index is 11.2. The normalized spacial score (nSPS) is 20.1. The van der Waals surface area contributed by atoms with Crippen molar-refractivity contribution in [1.82, 2.24) is 5.48 Å². The van der Waals surface area contributed by atoms with Gasteiger partial charge < -0.3 is 4.84 Å². The van der Waals surface area contributed by atoms with Gasteiger partial charge in [0.1, 0.15) is 0 Å². The summed E-state index contributed by atoms with van der Waals surface area (Å²) in [6.45, 7) is 0. The zero-order chi connectivity index (χ0) is 11.1. The number of para-hydroxylation sites is 1. The van der Waals surface area contributed by atoms with Crippen LogP contribution in [0, 0.1) is 0 Å². The number of fused-ring (bicyclic) bond motifs is 1. The number of carbonyl (C=O) groups excluding carboxylic acids is 1. The van der Waals surface area contributed by atoms with Gasteiger partial charge >= 0.3 is 0 Å². The van der Waals surface area contributed by atoms with Crippen LogP contribution in [-0.4, -0.2) is 18.9 Å². The highest BCUT2D eigenvalue weighted by Gasteiger charge is 2.38. The molecule has 0 aliphatic carbocycles. The first-order valence-electron chi connectivity index (χ1n) is 4.02. The van der Waals surface area contributed by atoms with Crippen molar-refractivity contribution in [2.24, 2.45) is 0 Å². The van der Waals surface area contributed by atoms with Gasteiger partial charge in [-0.15, -0.1) is 0 Å². The van der Waals surface area contributed by atoms with E-state index in [4.69, 9.17) is 9.39 Å². The van der Waals surface area contributed by atoms with E-state index in [0.717, 1.165) is 0 Å². The van der Waals surface area contributed by atoms with E-state index in [9.17, 15) is 13.2 Å². The molecule has 1 aromatic rings. The van der Waals surface area contributed by atoms with Crippen LogP contribution in [0.5, 0.6) is 5.75 Å². The number of rotatable bonds is 1. The maximum absolute atomic E-state index is 11.2. The van der Waals surface area contributed by atoms with Crippen LogP contribution in [0.2, 0.25) is 0 Å². The van der Waals surface area contributed by atoms with E-state index in [1.54, 1.807) is 12.1 Å². The quantitative estimate of drug-likeness (QED) is 0.663. The summed E-state index contributed by atoms with van der Waals surface area (Å²) >= 11 is 0. The average molecular weight is 229 g/mol. The Balaban J connectivity index is 2.61. The molecule has 80 valence electrons. The molecule has 0 saturated carbocycles. The lowest BCUT2D eigenvalue weighted by Gasteiger charge is -2.22. The summed E-state index contributed by atoms with van der Waals surface area (Å²) in [6, 6.07) is 6.08. The summed E-state index contributed by atoms with van der Waals surface area (Å²) in [5.74, 6) is -0.698. The molecule has 0 aromatic heterocycles. The fraction of sp³-hybridized carbons (Fsp3) is 0.125. The van der Waals surface area contributed by atoms with Crippen molar-refractivity contribution < 1.29 is 22.6 Å². The van der Waals surface area contributed by atoms with Crippen LogP contribution in [0.3, 0.4) is 0 Å². The summed E-state index contributed by atoms with van der Waals surface area (Å²) < 4.78 is 30.9. The Morgan fingerprint density at radius 2 is 2.00 bits per heavy atom. The zero-order valence-electron chi connectivity index (χ0n) is 7.38. The van der Waals surface area contributed by atoms with Crippen LogP contribution in [0.1, 0.15) is 10.8 Å². The standard InChI is InChI=1S/C8H7NO5S/c10-8-7(15(11,12)13)5-3-1-2-4-6(5)14-9-8/h1-4,7H,(H,9,10)(H,11,12,13). The lowest BCUT2D eigenvalue weighted by Crippen LogP contribution is -2.40. The van der Waals surface area contributed by atoms with Crippen LogP contribution < -0.4 is 10.3 Å². The van der Waals surface area contributed by atoms with E-state index in [2.05, 4.69) is 0 Å². The summed E-state index contributed by atoms with van der Waals surface area (Å²) in [6.07, 6.45) is 0. The van der Waals surface area contributed by atoms with Crippen LogP contribution in [0.15, 0.2) is 24.3 Å². The number of hydrogen-bond acceptors (Lipinski definition) is 4. The number of hydrogen-bond donors (Lipinski definition) is 2. The van der Waals surface area contributed by atoms with E-state index in [1.807, 2.05) is 5.48 Å². The maximum Gasteiger partial charge on any atom is 0.281 e. The van der Waals surface area contributed by atoms with Gasteiger partial charge in [-0.25, -0.2) is 0 Å². The molecule has 1 amide bonds. The Kier molecular flexibility index (Phi) is 2.13. The van der Waals surface area contributed by atoms with E-state index >= 15 is 0 Å². The monoisotopic (exact) mass is 229 g/mol. The van der Waals surface area contributed by atoms with Crippen LogP contribution >= 0.6 is 0 Å². The molecule has 6 nitrogen and oxygen atoms in total. The molecule has 0 bridgehead atoms. The largest absolute Gasteiger partial charge is 0.379 e. The van der Waals surface area contributed by atoms with Gasteiger partial charge in [-0.2, -0.15) is 13.9 Å². The Morgan fingerprint density at radius 3 is 2.67 bits per heavy atom. The predicted molar refractivity (Wildman–Crippen MR) is 49.5 cm³/mol. The number of carbonyl (C=O) groups is 1. The Bertz CT molecular complexity index is 510. The van der Waals surface area contributed by atoms with Gasteiger partial charge in [0.05, 0.1) is 0 Å². The zero-order valence-corrected chi connectivity index (χ0v) is 8.19. The summed E-state index contributed by atoms with van der Waals surface area (Å²) in [4.78, 5) is 16.0. The molecule has 1 aliphatic rings. The highest BCUT2D eigenvalue weighted by molar-refractivity contribution is 7.86. The van der Waals surface area contributed by atoms with Crippen molar-refractivity contribution in [2.75, 3.05) is 0 Å². The lowest BCUT2D eigenvalue weighted by molar-refractivity contribution is -0.128. The van der Waals surface area contributed by atoms with Gasteiger partial charge in [0.25, 0.3) is 16.0 Å². The van der Waals surface area contributed by atoms with Gasteiger partial charge in [0, 0.05) is 5.56 Å². The first kappa shape index (κ1) is 9.94. The van der Waals surface area contributed by atoms with E-state index in [0.29, 0.717) is 0 Å². The summed E-state index contributed by atoms with van der Waals surface area (Å²) in [5.41, 5.74) is 2.05. The Labute approximate surface area is 85.6 Å². The molecule has 0 saturated heterocycles. The molecule has 7 heteroatoms. The third kappa shape index (κ3) is 1.66. The minimum Gasteiger partial charge on any atom is -0.379 e. The van der Waals surface area contributed by atoms with Crippen LogP contribution in [0.25, 0.3) is 0 Å². The Hall–Kier alpha value is -1.60. The molecule has 2 N–H and O–H groups in total. The molecular weight excluding hydrogens is 222 g/mol. The lowest BCUT2D eigenvalue weighted by atomic mass is 10.1. The van der Waals surface area contributed by atoms with Crippen molar-refractivity contribution in [2.45, 2.75) is 5.25 Å². The molecule has 0 fully saturated rings. The second-order valence-electron chi connectivity index (χ2n) is 3.00. The molecule has 1 atom stereocenters. The fourth-order valence-electron chi connectivity index (χ4n) is 1.39. The number of amides is 1. The predicted octanol–water partition coefficient (Wildman–Crippen LogP) is 0.0391. The van der Waals surface area contributed by atoms with Crippen molar-refractivity contribution in [3.63, 3.8) is 0 Å². The fourth-order valence-corrected chi connectivity index (χ4v) is 2.22. The topological polar surface area (TPSA) is 92.7 Å². The van der Waals surface area contributed by atoms with Gasteiger partial charge in [-0.3, -0.25) is 9.35 Å². The smallest absolute Gasteiger partial charge is 0.281 e. The number of hydroxylamine groups is 1. The van der Waals surface area contributed by atoms with Gasteiger partial charge in [-0.1, -0.05) is 18.2 Å². The van der Waals surface area contributed by atoms with Crippen molar-refractivity contribution >= 4 is 16.0 Å². The first-order valence-corrected chi connectivity index (χ1v) is 5.52. The summed E-state index contributed by atoms with van der Waals surface area (Å²) in [5, 5.41) is -1.62. The molecule has 1 heterocycles. The van der Waals surface area contributed by atoms with Crippen molar-refractivity contribution in [1.29, 1.82) is 0 Å². The average Bonchev–Trinajstić information content (AvgIpc) is 2.15. The van der Waals surface area contributed by atoms with E-state index < -0.39 is 21.3 Å². The molecule has 1 aromatic carbocycles. The molecular formula is C8H7NO5S. The molecule has 2 rings (SSSR count). The molecule has 1 unspecified atom stereocenters. The molecule has 15 heavy (non-hydrogen) atoms. The first-order chi connectivity index (χ1) is 7.00. The third-order valence-corrected chi connectivity index (χ3v) is 3.06. The molecule has 0 spiro atoms. The SMILES string of the molecule is O=C1NOc2ccccc2C1S(=O)(=O)O. The number of benzene rings is 1. The van der Waals surface area contributed by atoms with Gasteiger partial charge in [-0.05, 0) is 6.07 Å². The summed E-state index contributed by atoms with van der Waals surface area (Å²) in [7, 11) is -4.48. The second kappa shape index (κ2) is 3.21. The second-order valence-corrected chi connectivity index (χ2v) is 4.50. The van der Waals surface area contributed by atoms with Crippen molar-refractivity contribution in [3.8, 4) is 5.75 Å². The third-order valence-electron chi connectivity index (χ3n) is 2.00. The van der Waals surface area contributed by atoms with Gasteiger partial charge in [0.15, 0.2) is 11.0 Å². The highest BCUT2D eigenvalue weighted by atomic mass is 32.2. The molecule has 0 radical (unpaired) electrons. The van der Waals surface area contributed by atoms with Crippen LogP contribution in [-0.2, 0) is 14.9 Å². The molecule has 1 aliphatic heterocycles. The van der Waals surface area contributed by atoms with E-state index in [-0.39, 0.29) is 11.3 Å². The van der Waals surface area contributed by atoms with Gasteiger partial charge in [0.2, 0.25) is 0 Å². The Morgan fingerprint density at radius 1 is 1.33 bits per heavy atom. The highest BCUT2D eigenvalue weighted by Crippen LogP contribution is 2.32.